The normalized spacial score (nSPS) is 26.9. The number of amides is 1. The average molecular weight is 276 g/mol. The molecule has 2 fully saturated rings. The molecule has 0 unspecified atom stereocenters. The van der Waals surface area contributed by atoms with E-state index in [2.05, 4.69) is 40.0 Å². The van der Waals surface area contributed by atoms with E-state index in [1.165, 1.54) is 5.69 Å². The van der Waals surface area contributed by atoms with E-state index in [0.717, 1.165) is 45.3 Å². The van der Waals surface area contributed by atoms with Crippen LogP contribution in [0.3, 0.4) is 0 Å². The number of H-pyrrole nitrogens is 1. The number of nitrogens with zero attached hydrogens (tertiary/aromatic N) is 3. The number of hydrogen-bond acceptors (Lipinski definition) is 3. The number of nitrogens with one attached hydrogen (secondary N) is 1. The van der Waals surface area contributed by atoms with Crippen LogP contribution in [0.1, 0.15) is 38.3 Å². The zero-order valence-corrected chi connectivity index (χ0v) is 12.4. The van der Waals surface area contributed by atoms with Crippen LogP contribution in [0.4, 0.5) is 0 Å². The highest BCUT2D eigenvalue weighted by Crippen LogP contribution is 2.34. The molecule has 3 rings (SSSR count). The zero-order chi connectivity index (χ0) is 14.2. The highest BCUT2D eigenvalue weighted by Gasteiger charge is 2.37. The van der Waals surface area contributed by atoms with Crippen LogP contribution in [0.15, 0.2) is 12.3 Å². The van der Waals surface area contributed by atoms with Crippen LogP contribution >= 0.6 is 0 Å². The first kappa shape index (κ1) is 13.6. The van der Waals surface area contributed by atoms with Gasteiger partial charge in [0.2, 0.25) is 5.91 Å². The van der Waals surface area contributed by atoms with Gasteiger partial charge in [0.25, 0.3) is 0 Å². The van der Waals surface area contributed by atoms with Crippen molar-refractivity contribution in [2.24, 2.45) is 0 Å². The van der Waals surface area contributed by atoms with E-state index in [4.69, 9.17) is 0 Å². The maximum atomic E-state index is 12.6. The van der Waals surface area contributed by atoms with E-state index >= 15 is 0 Å². The van der Waals surface area contributed by atoms with Gasteiger partial charge in [-0.2, -0.15) is 5.10 Å². The fourth-order valence-corrected chi connectivity index (χ4v) is 3.52. The van der Waals surface area contributed by atoms with E-state index in [1.54, 1.807) is 0 Å². The van der Waals surface area contributed by atoms with E-state index in [9.17, 15) is 4.79 Å². The van der Waals surface area contributed by atoms with Gasteiger partial charge in [0.15, 0.2) is 0 Å². The van der Waals surface area contributed by atoms with Crippen LogP contribution in [-0.4, -0.2) is 58.6 Å². The lowest BCUT2D eigenvalue weighted by Crippen LogP contribution is -2.50. The molecule has 20 heavy (non-hydrogen) atoms. The van der Waals surface area contributed by atoms with Crippen molar-refractivity contribution in [3.8, 4) is 0 Å². The monoisotopic (exact) mass is 276 g/mol. The number of aromatic amines is 1. The third-order valence-electron chi connectivity index (χ3n) is 5.14. The Bertz CT molecular complexity index is 462. The molecule has 0 radical (unpaired) electrons. The Hall–Kier alpha value is -1.36. The fourth-order valence-electron chi connectivity index (χ4n) is 3.52. The molecule has 5 nitrogen and oxygen atoms in total. The van der Waals surface area contributed by atoms with Crippen molar-refractivity contribution in [1.29, 1.82) is 0 Å². The molecule has 2 aliphatic heterocycles. The lowest BCUT2D eigenvalue weighted by atomic mass is 9.77. The predicted molar refractivity (Wildman–Crippen MR) is 77.4 cm³/mol. The Morgan fingerprint density at radius 1 is 1.40 bits per heavy atom. The second kappa shape index (κ2) is 5.20. The molecule has 2 aliphatic rings. The van der Waals surface area contributed by atoms with Crippen LogP contribution in [-0.2, 0) is 10.2 Å². The maximum Gasteiger partial charge on any atom is 0.239 e. The van der Waals surface area contributed by atoms with Crippen LogP contribution in [0, 0.1) is 0 Å². The molecule has 1 aromatic rings. The Balaban J connectivity index is 1.62. The third kappa shape index (κ3) is 2.35. The quantitative estimate of drug-likeness (QED) is 0.888. The van der Waals surface area contributed by atoms with E-state index in [-0.39, 0.29) is 11.5 Å². The highest BCUT2D eigenvalue weighted by atomic mass is 16.2. The van der Waals surface area contributed by atoms with Crippen molar-refractivity contribution in [3.05, 3.63) is 18.0 Å². The maximum absolute atomic E-state index is 12.6. The van der Waals surface area contributed by atoms with E-state index in [0.29, 0.717) is 5.91 Å². The molecule has 3 heterocycles. The topological polar surface area (TPSA) is 52.2 Å². The second-order valence-electron chi connectivity index (χ2n) is 6.49. The number of carbonyl (C=O) groups is 1. The van der Waals surface area contributed by atoms with Crippen molar-refractivity contribution < 1.29 is 4.79 Å². The minimum Gasteiger partial charge on any atom is -0.341 e. The van der Waals surface area contributed by atoms with Crippen LogP contribution in [0.25, 0.3) is 0 Å². The molecule has 0 aromatic carbocycles. The summed E-state index contributed by atoms with van der Waals surface area (Å²) in [5.74, 6) is 0.330. The van der Waals surface area contributed by atoms with Gasteiger partial charge in [-0.3, -0.25) is 14.8 Å². The number of likely N-dealkylation sites (N-methyl/N-ethyl adjacent to an activating group) is 1. The van der Waals surface area contributed by atoms with Gasteiger partial charge in [-0.1, -0.05) is 6.92 Å². The summed E-state index contributed by atoms with van der Waals surface area (Å²) >= 11 is 0. The van der Waals surface area contributed by atoms with E-state index < -0.39 is 0 Å². The first-order valence-corrected chi connectivity index (χ1v) is 7.59. The Morgan fingerprint density at radius 3 is 2.70 bits per heavy atom. The number of hydrogen-bond donors (Lipinski definition) is 1. The molecular formula is C15H24N4O. The largest absolute Gasteiger partial charge is 0.341 e. The molecule has 1 N–H and O–H groups in total. The highest BCUT2D eigenvalue weighted by molar-refractivity contribution is 5.82. The van der Waals surface area contributed by atoms with Crippen molar-refractivity contribution in [2.75, 3.05) is 26.7 Å². The number of likely N-dealkylation sites (tertiary alicyclic amines) is 2. The summed E-state index contributed by atoms with van der Waals surface area (Å²) < 4.78 is 0. The van der Waals surface area contributed by atoms with Crippen molar-refractivity contribution in [2.45, 2.75) is 44.1 Å². The van der Waals surface area contributed by atoms with Crippen molar-refractivity contribution in [3.63, 3.8) is 0 Å². The number of rotatable bonds is 2. The van der Waals surface area contributed by atoms with Gasteiger partial charge in [0.1, 0.15) is 0 Å². The van der Waals surface area contributed by atoms with Crippen LogP contribution < -0.4 is 0 Å². The molecule has 110 valence electrons. The Labute approximate surface area is 120 Å². The third-order valence-corrected chi connectivity index (χ3v) is 5.14. The Kier molecular flexibility index (Phi) is 3.54. The zero-order valence-electron chi connectivity index (χ0n) is 12.4. The molecule has 0 aliphatic carbocycles. The van der Waals surface area contributed by atoms with Gasteiger partial charge in [-0.05, 0) is 45.3 Å². The summed E-state index contributed by atoms with van der Waals surface area (Å²) in [7, 11) is 2.06. The molecule has 0 spiro atoms. The number of carbonyl (C=O) groups excluding carboxylic acids is 1. The summed E-state index contributed by atoms with van der Waals surface area (Å²) in [6, 6.07) is 2.17. The van der Waals surface area contributed by atoms with Gasteiger partial charge in [-0.25, -0.2) is 0 Å². The second-order valence-corrected chi connectivity index (χ2v) is 6.49. The predicted octanol–water partition coefficient (Wildman–Crippen LogP) is 1.38. The van der Waals surface area contributed by atoms with Crippen molar-refractivity contribution in [1.82, 2.24) is 20.0 Å². The Morgan fingerprint density at radius 2 is 2.15 bits per heavy atom. The molecule has 1 atom stereocenters. The fraction of sp³-hybridized carbons (Fsp3) is 0.733. The summed E-state index contributed by atoms with van der Waals surface area (Å²) in [6.07, 6.45) is 6.00. The van der Waals surface area contributed by atoms with Crippen molar-refractivity contribution >= 4 is 5.91 Å². The lowest BCUT2D eigenvalue weighted by Gasteiger charge is -2.40. The number of aromatic nitrogens is 2. The van der Waals surface area contributed by atoms with Crippen LogP contribution in [0.5, 0.6) is 0 Å². The standard InChI is InChI=1S/C15H24N4O/c1-15(13-5-8-16-17-13)6-10-19(11-7-15)14(20)12-4-3-9-18(12)2/h5,8,12H,3-4,6-7,9-11H2,1-2H3,(H,16,17)/t12-/m1/s1. The van der Waals surface area contributed by atoms with Gasteiger partial charge in [0.05, 0.1) is 6.04 Å². The smallest absolute Gasteiger partial charge is 0.239 e. The van der Waals surface area contributed by atoms with Crippen LogP contribution in [0.2, 0.25) is 0 Å². The minimum atomic E-state index is 0.117. The molecule has 2 saturated heterocycles. The molecule has 0 saturated carbocycles. The lowest BCUT2D eigenvalue weighted by molar-refractivity contribution is -0.137. The SMILES string of the molecule is CN1CCC[C@@H]1C(=O)N1CCC(C)(c2ccn[nH]2)CC1. The van der Waals surface area contributed by atoms with Gasteiger partial charge in [0, 0.05) is 30.4 Å². The van der Waals surface area contributed by atoms with Gasteiger partial charge >= 0.3 is 0 Å². The molecular weight excluding hydrogens is 252 g/mol. The first-order valence-electron chi connectivity index (χ1n) is 7.59. The van der Waals surface area contributed by atoms with E-state index in [1.807, 2.05) is 6.20 Å². The molecule has 1 aromatic heterocycles. The summed E-state index contributed by atoms with van der Waals surface area (Å²) in [5, 5.41) is 7.15. The minimum absolute atomic E-state index is 0.117. The first-order chi connectivity index (χ1) is 9.60. The average Bonchev–Trinajstić information content (AvgIpc) is 3.10. The summed E-state index contributed by atoms with van der Waals surface area (Å²) in [5.41, 5.74) is 1.33. The summed E-state index contributed by atoms with van der Waals surface area (Å²) in [4.78, 5) is 16.8. The number of piperidine rings is 1. The molecule has 5 heteroatoms. The van der Waals surface area contributed by atoms with Gasteiger partial charge in [-0.15, -0.1) is 0 Å². The molecule has 1 amide bonds. The molecule has 0 bridgehead atoms. The van der Waals surface area contributed by atoms with Gasteiger partial charge < -0.3 is 4.90 Å². The summed E-state index contributed by atoms with van der Waals surface area (Å²) in [6.45, 7) is 5.04.